The van der Waals surface area contributed by atoms with Gasteiger partial charge < -0.3 is 19.9 Å². The van der Waals surface area contributed by atoms with Gasteiger partial charge >= 0.3 is 6.03 Å². The Morgan fingerprint density at radius 2 is 1.86 bits per heavy atom. The van der Waals surface area contributed by atoms with Gasteiger partial charge in [0.2, 0.25) is 0 Å². The Hall–Kier alpha value is -2.97. The third kappa shape index (κ3) is 4.38. The molecule has 2 atom stereocenters. The molecule has 0 spiro atoms. The minimum atomic E-state index is -1.24. The molecule has 1 heterocycles. The normalized spacial score (nSPS) is 19.9. The maximum Gasteiger partial charge on any atom is 0.325 e. The van der Waals surface area contributed by atoms with Crippen molar-refractivity contribution in [2.24, 2.45) is 0 Å². The van der Waals surface area contributed by atoms with E-state index in [0.717, 1.165) is 4.90 Å². The average molecular weight is 402 g/mol. The lowest BCUT2D eigenvalue weighted by molar-refractivity contribution is -0.132. The molecule has 0 aliphatic carbocycles. The zero-order valence-corrected chi connectivity index (χ0v) is 16.2. The molecule has 7 nitrogen and oxygen atoms in total. The fourth-order valence-corrected chi connectivity index (χ4v) is 3.17. The molecule has 3 rings (SSSR count). The summed E-state index contributed by atoms with van der Waals surface area (Å²) in [6, 6.07) is 12.4. The van der Waals surface area contributed by atoms with Crippen LogP contribution in [0.5, 0.6) is 5.75 Å². The molecule has 0 saturated carbocycles. The van der Waals surface area contributed by atoms with E-state index in [1.54, 1.807) is 49.4 Å². The Labute approximate surface area is 168 Å². The number of β-amino-alcohol motifs (C(OH)–C–C–N with tert-alkyl or cyclic N) is 1. The van der Waals surface area contributed by atoms with E-state index in [9.17, 15) is 19.1 Å². The number of imide groups is 1. The lowest BCUT2D eigenvalue weighted by Gasteiger charge is -2.23. The van der Waals surface area contributed by atoms with Gasteiger partial charge in [0.15, 0.2) is 0 Å². The Morgan fingerprint density at radius 1 is 1.17 bits per heavy atom. The number of halogens is 1. The Kier molecular flexibility index (Phi) is 6.14. The van der Waals surface area contributed by atoms with Crippen LogP contribution in [0.2, 0.25) is 0 Å². The number of aliphatic hydroxyl groups excluding tert-OH is 1. The zero-order valence-electron chi connectivity index (χ0n) is 16.2. The smallest absolute Gasteiger partial charge is 0.325 e. The predicted octanol–water partition coefficient (Wildman–Crippen LogP) is 2.18. The van der Waals surface area contributed by atoms with Crippen molar-refractivity contribution in [3.05, 3.63) is 65.5 Å². The second kappa shape index (κ2) is 8.59. The van der Waals surface area contributed by atoms with Crippen molar-refractivity contribution in [2.45, 2.75) is 25.2 Å². The minimum Gasteiger partial charge on any atom is -0.497 e. The van der Waals surface area contributed by atoms with Gasteiger partial charge in [0, 0.05) is 5.56 Å². The highest BCUT2D eigenvalue weighted by Crippen LogP contribution is 2.30. The second-order valence-electron chi connectivity index (χ2n) is 6.96. The lowest BCUT2D eigenvalue weighted by atomic mass is 9.92. The number of hydrogen-bond acceptors (Lipinski definition) is 5. The van der Waals surface area contributed by atoms with E-state index in [1.165, 1.54) is 13.2 Å². The van der Waals surface area contributed by atoms with Crippen molar-refractivity contribution in [3.8, 4) is 5.75 Å². The van der Waals surface area contributed by atoms with E-state index in [-0.39, 0.29) is 19.8 Å². The van der Waals surface area contributed by atoms with Crippen LogP contribution in [-0.2, 0) is 21.7 Å². The summed E-state index contributed by atoms with van der Waals surface area (Å²) in [5.74, 6) is -0.236. The Bertz CT molecular complexity index is 889. The van der Waals surface area contributed by atoms with Crippen LogP contribution in [0.15, 0.2) is 48.5 Å². The van der Waals surface area contributed by atoms with Gasteiger partial charge in [-0.1, -0.05) is 30.3 Å². The van der Waals surface area contributed by atoms with Crippen molar-refractivity contribution < 1.29 is 28.6 Å². The zero-order chi connectivity index (χ0) is 21.0. The van der Waals surface area contributed by atoms with Crippen LogP contribution >= 0.6 is 0 Å². The number of benzene rings is 2. The van der Waals surface area contributed by atoms with Gasteiger partial charge in [0.1, 0.15) is 17.1 Å². The molecule has 2 aromatic rings. The van der Waals surface area contributed by atoms with Crippen LogP contribution in [0.25, 0.3) is 0 Å². The van der Waals surface area contributed by atoms with E-state index in [2.05, 4.69) is 5.32 Å². The third-order valence-corrected chi connectivity index (χ3v) is 4.86. The molecule has 1 fully saturated rings. The van der Waals surface area contributed by atoms with Crippen molar-refractivity contribution in [1.29, 1.82) is 0 Å². The van der Waals surface area contributed by atoms with Crippen molar-refractivity contribution in [1.82, 2.24) is 10.2 Å². The molecule has 8 heteroatoms. The molecule has 0 aromatic heterocycles. The first kappa shape index (κ1) is 20.8. The first-order valence-corrected chi connectivity index (χ1v) is 9.13. The topological polar surface area (TPSA) is 88.1 Å². The molecule has 1 saturated heterocycles. The number of urea groups is 1. The van der Waals surface area contributed by atoms with Crippen molar-refractivity contribution in [3.63, 3.8) is 0 Å². The fourth-order valence-electron chi connectivity index (χ4n) is 3.17. The SMILES string of the molecule is COc1ccc([C@@]2(C)NC(=O)N(C[C@@H](O)COCc3ccccc3F)C2=O)cc1. The number of nitrogens with one attached hydrogen (secondary N) is 1. The monoisotopic (exact) mass is 402 g/mol. The molecule has 0 bridgehead atoms. The van der Waals surface area contributed by atoms with Crippen LogP contribution in [0, 0.1) is 5.82 Å². The number of amides is 3. The number of methoxy groups -OCH3 is 1. The molecule has 29 heavy (non-hydrogen) atoms. The van der Waals surface area contributed by atoms with E-state index >= 15 is 0 Å². The van der Waals surface area contributed by atoms with Gasteiger partial charge in [-0.15, -0.1) is 0 Å². The average Bonchev–Trinajstić information content (AvgIpc) is 2.93. The highest BCUT2D eigenvalue weighted by molar-refractivity contribution is 6.07. The molecule has 0 unspecified atom stereocenters. The lowest BCUT2D eigenvalue weighted by Crippen LogP contribution is -2.42. The van der Waals surface area contributed by atoms with E-state index in [4.69, 9.17) is 9.47 Å². The highest BCUT2D eigenvalue weighted by Gasteiger charge is 2.49. The summed E-state index contributed by atoms with van der Waals surface area (Å²) in [4.78, 5) is 26.2. The molecule has 154 valence electrons. The van der Waals surface area contributed by atoms with Crippen LogP contribution in [0.3, 0.4) is 0 Å². The van der Waals surface area contributed by atoms with Gasteiger partial charge in [-0.05, 0) is 30.7 Å². The first-order valence-electron chi connectivity index (χ1n) is 9.13. The molecule has 2 N–H and O–H groups in total. The number of ether oxygens (including phenoxy) is 2. The Balaban J connectivity index is 1.59. The van der Waals surface area contributed by atoms with E-state index < -0.39 is 29.4 Å². The number of hydrogen-bond donors (Lipinski definition) is 2. The van der Waals surface area contributed by atoms with Crippen molar-refractivity contribution in [2.75, 3.05) is 20.3 Å². The van der Waals surface area contributed by atoms with Gasteiger partial charge in [-0.2, -0.15) is 0 Å². The van der Waals surface area contributed by atoms with Crippen LogP contribution < -0.4 is 10.1 Å². The number of nitrogens with zero attached hydrogens (tertiary/aromatic N) is 1. The van der Waals surface area contributed by atoms with Gasteiger partial charge in [0.05, 0.1) is 33.0 Å². The van der Waals surface area contributed by atoms with Crippen molar-refractivity contribution >= 4 is 11.9 Å². The highest BCUT2D eigenvalue weighted by atomic mass is 19.1. The molecule has 2 aromatic carbocycles. The summed E-state index contributed by atoms with van der Waals surface area (Å²) >= 11 is 0. The second-order valence-corrected chi connectivity index (χ2v) is 6.96. The number of aliphatic hydroxyl groups is 1. The standard InChI is InChI=1S/C21H23FN2O5/c1-21(15-7-9-17(28-2)10-8-15)19(26)24(20(27)23-21)11-16(25)13-29-12-14-5-3-4-6-18(14)22/h3-10,16,25H,11-13H2,1-2H3,(H,23,27)/t16-,21-/m1/s1. The minimum absolute atomic E-state index is 0.0204. The molecule has 1 aliphatic heterocycles. The van der Waals surface area contributed by atoms with E-state index in [1.807, 2.05) is 0 Å². The molecular formula is C21H23FN2O5. The molecule has 3 amide bonds. The maximum absolute atomic E-state index is 13.6. The van der Waals surface area contributed by atoms with Crippen LogP contribution in [0.4, 0.5) is 9.18 Å². The third-order valence-electron chi connectivity index (χ3n) is 4.86. The quantitative estimate of drug-likeness (QED) is 0.661. The number of rotatable bonds is 8. The fraction of sp³-hybridized carbons (Fsp3) is 0.333. The van der Waals surface area contributed by atoms with Gasteiger partial charge in [-0.25, -0.2) is 9.18 Å². The molecule has 1 aliphatic rings. The van der Waals surface area contributed by atoms with Crippen LogP contribution in [0.1, 0.15) is 18.1 Å². The number of carbonyl (C=O) groups excluding carboxylic acids is 2. The van der Waals surface area contributed by atoms with Crippen LogP contribution in [-0.4, -0.2) is 48.3 Å². The maximum atomic E-state index is 13.6. The molecule has 0 radical (unpaired) electrons. The predicted molar refractivity (Wildman–Crippen MR) is 103 cm³/mol. The summed E-state index contributed by atoms with van der Waals surface area (Å²) in [5.41, 5.74) is -0.275. The summed E-state index contributed by atoms with van der Waals surface area (Å²) < 4.78 is 24.0. The molecular weight excluding hydrogens is 379 g/mol. The summed E-state index contributed by atoms with van der Waals surface area (Å²) in [6.07, 6.45) is -1.10. The largest absolute Gasteiger partial charge is 0.497 e. The summed E-state index contributed by atoms with van der Waals surface area (Å²) in [6.45, 7) is 1.21. The Morgan fingerprint density at radius 3 is 2.52 bits per heavy atom. The summed E-state index contributed by atoms with van der Waals surface area (Å²) in [7, 11) is 1.54. The summed E-state index contributed by atoms with van der Waals surface area (Å²) in [5, 5.41) is 12.9. The van der Waals surface area contributed by atoms with E-state index in [0.29, 0.717) is 16.9 Å². The van der Waals surface area contributed by atoms with Gasteiger partial charge in [0.25, 0.3) is 5.91 Å². The first-order chi connectivity index (χ1) is 13.8. The van der Waals surface area contributed by atoms with Gasteiger partial charge in [-0.3, -0.25) is 9.69 Å². The number of carbonyl (C=O) groups is 2.